The van der Waals surface area contributed by atoms with E-state index in [2.05, 4.69) is 228 Å². The van der Waals surface area contributed by atoms with Gasteiger partial charge in [-0.15, -0.1) is 0 Å². The van der Waals surface area contributed by atoms with Gasteiger partial charge in [0.05, 0.1) is 0 Å². The monoisotopic (exact) mass is 962 g/mol. The lowest BCUT2D eigenvalue weighted by atomic mass is 10.0. The molecule has 17 rings (SSSR count). The smallest absolute Gasteiger partial charge is 0.137 e. The molecule has 0 atom stereocenters. The van der Waals surface area contributed by atoms with Crippen LogP contribution in [-0.4, -0.2) is 0 Å². The highest BCUT2D eigenvalue weighted by Crippen LogP contribution is 2.46. The fourth-order valence-corrected chi connectivity index (χ4v) is 12.0. The molecule has 0 N–H and O–H groups in total. The lowest BCUT2D eigenvalue weighted by Crippen LogP contribution is -2.09. The van der Waals surface area contributed by atoms with Gasteiger partial charge in [-0.3, -0.25) is 0 Å². The standard InChI is InChI=1S/C68H38N2O5/c1-3-13-41(14-4-1)69(45-23-27-51-61(33-45)71-57-29-19-39-11-7-9-17-47(39)67(51)57)43-21-25-49-53-35-65-55(37-63(53)73-59(49)31-43)56-38-64-54(36-66(56)75-65)50-26-22-44(32-60(50)74-64)70(42-15-5-2-6-16-42)46-24-28-52-62(34-46)72-58-30-20-40-12-8-10-18-48(40)68(52)58/h1-38H. The van der Waals surface area contributed by atoms with Crippen molar-refractivity contribution < 1.29 is 22.1 Å². The van der Waals surface area contributed by atoms with E-state index < -0.39 is 0 Å². The van der Waals surface area contributed by atoms with E-state index in [9.17, 15) is 0 Å². The quantitative estimate of drug-likeness (QED) is 0.164. The van der Waals surface area contributed by atoms with Gasteiger partial charge in [-0.1, -0.05) is 97.1 Å². The van der Waals surface area contributed by atoms with Crippen LogP contribution in [0.2, 0.25) is 0 Å². The zero-order chi connectivity index (χ0) is 48.9. The first-order valence-corrected chi connectivity index (χ1v) is 25.2. The molecule has 0 unspecified atom stereocenters. The van der Waals surface area contributed by atoms with Crippen molar-refractivity contribution in [1.82, 2.24) is 0 Å². The van der Waals surface area contributed by atoms with Gasteiger partial charge in [0.2, 0.25) is 0 Å². The number of fused-ring (bicyclic) bond motifs is 19. The Kier molecular flexibility index (Phi) is 8.15. The summed E-state index contributed by atoms with van der Waals surface area (Å²) in [7, 11) is 0. The Hall–Kier alpha value is -10.2. The first-order valence-electron chi connectivity index (χ1n) is 25.2. The SMILES string of the molecule is c1ccc(N(c2ccc3c(c2)oc2cc4c(cc23)oc2cc3c(cc24)oc2cc(N(c4ccccc4)c4ccc5c(c4)oc4ccc6ccccc6c45)ccc23)c2ccc3c(c2)oc2ccc4ccccc4c23)cc1. The lowest BCUT2D eigenvalue weighted by Gasteiger charge is -2.25. The average molecular weight is 963 g/mol. The second kappa shape index (κ2) is 15.1. The zero-order valence-corrected chi connectivity index (χ0v) is 39.9. The van der Waals surface area contributed by atoms with Crippen molar-refractivity contribution in [3.05, 3.63) is 231 Å². The van der Waals surface area contributed by atoms with Crippen LogP contribution >= 0.6 is 0 Å². The topological polar surface area (TPSA) is 72.2 Å². The second-order valence-corrected chi connectivity index (χ2v) is 19.6. The highest BCUT2D eigenvalue weighted by Gasteiger charge is 2.22. The minimum absolute atomic E-state index is 0.780. The van der Waals surface area contributed by atoms with Gasteiger partial charge < -0.3 is 31.9 Å². The molecule has 0 aliphatic heterocycles. The Morgan fingerprint density at radius 1 is 0.187 bits per heavy atom. The summed E-state index contributed by atoms with van der Waals surface area (Å²) in [6.07, 6.45) is 0. The van der Waals surface area contributed by atoms with E-state index in [1.54, 1.807) is 0 Å². The third-order valence-electron chi connectivity index (χ3n) is 15.4. The van der Waals surface area contributed by atoms with Crippen molar-refractivity contribution in [3.8, 4) is 0 Å². The van der Waals surface area contributed by atoms with Crippen molar-refractivity contribution in [2.45, 2.75) is 0 Å². The van der Waals surface area contributed by atoms with Crippen LogP contribution in [0.25, 0.3) is 131 Å². The van der Waals surface area contributed by atoms with Gasteiger partial charge in [-0.05, 0) is 131 Å². The Balaban J connectivity index is 0.751. The Labute approximate surface area is 425 Å². The summed E-state index contributed by atoms with van der Waals surface area (Å²) in [5.74, 6) is 0. The second-order valence-electron chi connectivity index (χ2n) is 19.6. The van der Waals surface area contributed by atoms with Gasteiger partial charge >= 0.3 is 0 Å². The fraction of sp³-hybridized carbons (Fsp3) is 0. The van der Waals surface area contributed by atoms with Gasteiger partial charge in [0.1, 0.15) is 55.8 Å². The van der Waals surface area contributed by atoms with E-state index in [0.29, 0.717) is 0 Å². The maximum Gasteiger partial charge on any atom is 0.137 e. The number of para-hydroxylation sites is 2. The fourth-order valence-electron chi connectivity index (χ4n) is 12.0. The molecule has 0 saturated carbocycles. The van der Waals surface area contributed by atoms with E-state index in [1.807, 2.05) is 12.1 Å². The molecule has 5 aromatic heterocycles. The lowest BCUT2D eigenvalue weighted by molar-refractivity contribution is 0.662. The van der Waals surface area contributed by atoms with Crippen LogP contribution in [0.15, 0.2) is 253 Å². The number of anilines is 6. The highest BCUT2D eigenvalue weighted by molar-refractivity contribution is 6.22. The number of nitrogens with zero attached hydrogens (tertiary/aromatic N) is 2. The number of hydrogen-bond donors (Lipinski definition) is 0. The maximum absolute atomic E-state index is 6.77. The van der Waals surface area contributed by atoms with Crippen LogP contribution in [0, 0.1) is 0 Å². The molecule has 0 aliphatic carbocycles. The minimum atomic E-state index is 0.780. The van der Waals surface area contributed by atoms with Crippen molar-refractivity contribution in [3.63, 3.8) is 0 Å². The first-order chi connectivity index (χ1) is 37.1. The third kappa shape index (κ3) is 5.97. The minimum Gasteiger partial charge on any atom is -0.456 e. The molecule has 5 heterocycles. The number of rotatable bonds is 6. The molecule has 75 heavy (non-hydrogen) atoms. The molecular weight excluding hydrogens is 925 g/mol. The molecule has 12 aromatic carbocycles. The van der Waals surface area contributed by atoms with Crippen LogP contribution < -0.4 is 9.80 Å². The predicted molar refractivity (Wildman–Crippen MR) is 307 cm³/mol. The molecule has 0 amide bonds. The van der Waals surface area contributed by atoms with Crippen LogP contribution in [0.3, 0.4) is 0 Å². The Morgan fingerprint density at radius 3 is 0.893 bits per heavy atom. The molecule has 0 fully saturated rings. The predicted octanol–water partition coefficient (Wildman–Crippen LogP) is 20.4. The molecule has 0 bridgehead atoms. The van der Waals surface area contributed by atoms with E-state index in [4.69, 9.17) is 22.1 Å². The summed E-state index contributed by atoms with van der Waals surface area (Å²) in [5.41, 5.74) is 14.0. The molecule has 350 valence electrons. The largest absolute Gasteiger partial charge is 0.456 e. The Bertz CT molecular complexity index is 4890. The number of benzene rings is 12. The van der Waals surface area contributed by atoms with Gasteiger partial charge in [0, 0.05) is 112 Å². The summed E-state index contributed by atoms with van der Waals surface area (Å²) < 4.78 is 33.3. The van der Waals surface area contributed by atoms with E-state index in [-0.39, 0.29) is 0 Å². The zero-order valence-electron chi connectivity index (χ0n) is 39.9. The summed E-state index contributed by atoms with van der Waals surface area (Å²) in [5, 5.41) is 15.1. The van der Waals surface area contributed by atoms with Crippen LogP contribution in [0.4, 0.5) is 34.1 Å². The Morgan fingerprint density at radius 2 is 0.493 bits per heavy atom. The van der Waals surface area contributed by atoms with E-state index in [1.165, 1.54) is 21.5 Å². The van der Waals surface area contributed by atoms with Crippen molar-refractivity contribution in [2.75, 3.05) is 9.80 Å². The number of furan rings is 5. The third-order valence-corrected chi connectivity index (χ3v) is 15.4. The van der Waals surface area contributed by atoms with Gasteiger partial charge in [-0.2, -0.15) is 0 Å². The molecule has 17 aromatic rings. The van der Waals surface area contributed by atoms with E-state index in [0.717, 1.165) is 144 Å². The van der Waals surface area contributed by atoms with Crippen LogP contribution in [0.1, 0.15) is 0 Å². The van der Waals surface area contributed by atoms with Gasteiger partial charge in [-0.25, -0.2) is 0 Å². The van der Waals surface area contributed by atoms with Crippen molar-refractivity contribution in [1.29, 1.82) is 0 Å². The molecule has 0 saturated heterocycles. The molecule has 7 heteroatoms. The van der Waals surface area contributed by atoms with Crippen LogP contribution in [0.5, 0.6) is 0 Å². The first kappa shape index (κ1) is 40.4. The van der Waals surface area contributed by atoms with Crippen LogP contribution in [-0.2, 0) is 0 Å². The summed E-state index contributed by atoms with van der Waals surface area (Å²) in [6.45, 7) is 0. The molecule has 0 aliphatic rings. The van der Waals surface area contributed by atoms with E-state index >= 15 is 0 Å². The normalized spacial score (nSPS) is 12.3. The summed E-state index contributed by atoms with van der Waals surface area (Å²) >= 11 is 0. The molecule has 0 spiro atoms. The average Bonchev–Trinajstić information content (AvgIpc) is 4.31. The molecule has 0 radical (unpaired) electrons. The molecular formula is C68H38N2O5. The molecule has 7 nitrogen and oxygen atoms in total. The number of hydrogen-bond acceptors (Lipinski definition) is 7. The van der Waals surface area contributed by atoms with Crippen molar-refractivity contribution in [2.24, 2.45) is 0 Å². The van der Waals surface area contributed by atoms with Crippen molar-refractivity contribution >= 4 is 165 Å². The summed E-state index contributed by atoms with van der Waals surface area (Å²) in [4.78, 5) is 4.50. The summed E-state index contributed by atoms with van der Waals surface area (Å²) in [6, 6.07) is 80.5. The van der Waals surface area contributed by atoms with Gasteiger partial charge in [0.25, 0.3) is 0 Å². The maximum atomic E-state index is 6.77. The highest BCUT2D eigenvalue weighted by atomic mass is 16.3. The van der Waals surface area contributed by atoms with Gasteiger partial charge in [0.15, 0.2) is 0 Å².